The van der Waals surface area contributed by atoms with Gasteiger partial charge in [0.2, 0.25) is 5.91 Å². The second kappa shape index (κ2) is 11.6. The van der Waals surface area contributed by atoms with Crippen LogP contribution in [0.1, 0.15) is 36.5 Å². The molecule has 0 aromatic heterocycles. The molecule has 6 nitrogen and oxygen atoms in total. The van der Waals surface area contributed by atoms with Gasteiger partial charge in [0, 0.05) is 5.69 Å². The quantitative estimate of drug-likeness (QED) is 0.241. The lowest BCUT2D eigenvalue weighted by Gasteiger charge is -2.13. The van der Waals surface area contributed by atoms with Crippen molar-refractivity contribution in [1.29, 1.82) is 0 Å². The number of amides is 3. The van der Waals surface area contributed by atoms with Crippen LogP contribution >= 0.6 is 11.8 Å². The van der Waals surface area contributed by atoms with Crippen LogP contribution in [0.2, 0.25) is 0 Å². The van der Waals surface area contributed by atoms with Gasteiger partial charge in [-0.05, 0) is 75.5 Å². The number of imide groups is 1. The van der Waals surface area contributed by atoms with Crippen LogP contribution in [0.25, 0.3) is 16.8 Å². The molecule has 1 fully saturated rings. The standard InChI is InChI=1S/C32H28N2O4S/c1-21(2)23-13-15-26(16-14-23)33-30(35)19-34-31(36)29(39-32(34)37)18-22-7-5-11-27(17-22)38-20-25-10-6-9-24-8-3-4-12-28(24)25/h3-18,21H,19-20H2,1-2H3,(H,33,35)/b29-18+. The lowest BCUT2D eigenvalue weighted by Crippen LogP contribution is -2.36. The third-order valence-electron chi connectivity index (χ3n) is 6.47. The van der Waals surface area contributed by atoms with Crippen LogP contribution in [-0.2, 0) is 16.2 Å². The van der Waals surface area contributed by atoms with E-state index in [0.29, 0.717) is 24.0 Å². The monoisotopic (exact) mass is 536 g/mol. The van der Waals surface area contributed by atoms with Gasteiger partial charge in [-0.3, -0.25) is 19.3 Å². The molecule has 5 rings (SSSR count). The zero-order valence-corrected chi connectivity index (χ0v) is 22.5. The lowest BCUT2D eigenvalue weighted by molar-refractivity contribution is -0.127. The fraction of sp³-hybridized carbons (Fsp3) is 0.156. The SMILES string of the molecule is CC(C)c1ccc(NC(=O)CN2C(=O)S/C(=C/c3cccc(OCc4cccc5ccccc45)c3)C2=O)cc1. The molecule has 0 unspecified atom stereocenters. The molecule has 4 aromatic rings. The van der Waals surface area contributed by atoms with Gasteiger partial charge in [-0.2, -0.15) is 0 Å². The summed E-state index contributed by atoms with van der Waals surface area (Å²) in [6.45, 7) is 4.24. The summed E-state index contributed by atoms with van der Waals surface area (Å²) in [4.78, 5) is 39.3. The molecule has 1 aliphatic rings. The van der Waals surface area contributed by atoms with Crippen LogP contribution < -0.4 is 10.1 Å². The Morgan fingerprint density at radius 1 is 0.949 bits per heavy atom. The predicted octanol–water partition coefficient (Wildman–Crippen LogP) is 7.22. The number of benzene rings is 4. The normalized spacial score (nSPS) is 14.4. The molecule has 0 aliphatic carbocycles. The summed E-state index contributed by atoms with van der Waals surface area (Å²) in [5, 5.41) is 4.58. The number of fused-ring (bicyclic) bond motifs is 1. The first-order chi connectivity index (χ1) is 18.9. The number of hydrogen-bond donors (Lipinski definition) is 1. The van der Waals surface area contributed by atoms with Crippen molar-refractivity contribution in [1.82, 2.24) is 4.90 Å². The van der Waals surface area contributed by atoms with E-state index >= 15 is 0 Å². The third kappa shape index (κ3) is 6.21. The highest BCUT2D eigenvalue weighted by Gasteiger charge is 2.36. The molecule has 39 heavy (non-hydrogen) atoms. The van der Waals surface area contributed by atoms with Crippen LogP contribution in [0, 0.1) is 0 Å². The zero-order valence-electron chi connectivity index (χ0n) is 21.7. The minimum Gasteiger partial charge on any atom is -0.489 e. The topological polar surface area (TPSA) is 75.7 Å². The van der Waals surface area contributed by atoms with Gasteiger partial charge in [-0.15, -0.1) is 0 Å². The molecule has 1 saturated heterocycles. The zero-order chi connectivity index (χ0) is 27.4. The van der Waals surface area contributed by atoms with Crippen molar-refractivity contribution in [3.8, 4) is 5.75 Å². The van der Waals surface area contributed by atoms with E-state index in [-0.39, 0.29) is 11.4 Å². The molecule has 0 saturated carbocycles. The Hall–Kier alpha value is -4.36. The molecule has 1 N–H and O–H groups in total. The predicted molar refractivity (Wildman–Crippen MR) is 157 cm³/mol. The molecule has 0 bridgehead atoms. The maximum absolute atomic E-state index is 13.0. The highest BCUT2D eigenvalue weighted by atomic mass is 32.2. The van der Waals surface area contributed by atoms with Crippen LogP contribution in [0.4, 0.5) is 10.5 Å². The molecule has 4 aromatic carbocycles. The van der Waals surface area contributed by atoms with Crippen LogP contribution in [-0.4, -0.2) is 28.5 Å². The Morgan fingerprint density at radius 3 is 2.49 bits per heavy atom. The first-order valence-corrected chi connectivity index (χ1v) is 13.5. The van der Waals surface area contributed by atoms with Crippen LogP contribution in [0.15, 0.2) is 95.9 Å². The van der Waals surface area contributed by atoms with E-state index in [1.54, 1.807) is 6.08 Å². The second-order valence-electron chi connectivity index (χ2n) is 9.59. The first kappa shape index (κ1) is 26.3. The second-order valence-corrected chi connectivity index (χ2v) is 10.6. The van der Waals surface area contributed by atoms with Gasteiger partial charge in [0.15, 0.2) is 0 Å². The average molecular weight is 537 g/mol. The van der Waals surface area contributed by atoms with Crippen molar-refractivity contribution in [2.75, 3.05) is 11.9 Å². The summed E-state index contributed by atoms with van der Waals surface area (Å²) in [7, 11) is 0. The number of thioether (sulfide) groups is 1. The maximum Gasteiger partial charge on any atom is 0.294 e. The van der Waals surface area contributed by atoms with E-state index in [9.17, 15) is 14.4 Å². The van der Waals surface area contributed by atoms with E-state index in [4.69, 9.17) is 4.74 Å². The molecule has 0 radical (unpaired) electrons. The van der Waals surface area contributed by atoms with E-state index in [1.165, 1.54) is 0 Å². The first-order valence-electron chi connectivity index (χ1n) is 12.7. The van der Waals surface area contributed by atoms with Crippen molar-refractivity contribution in [2.24, 2.45) is 0 Å². The van der Waals surface area contributed by atoms with Gasteiger partial charge in [0.1, 0.15) is 18.9 Å². The van der Waals surface area contributed by atoms with Crippen LogP contribution in [0.3, 0.4) is 0 Å². The van der Waals surface area contributed by atoms with E-state index in [0.717, 1.165) is 44.1 Å². The Kier molecular flexibility index (Phi) is 7.79. The molecule has 1 aliphatic heterocycles. The number of rotatable bonds is 8. The smallest absolute Gasteiger partial charge is 0.294 e. The number of nitrogens with zero attached hydrogens (tertiary/aromatic N) is 1. The van der Waals surface area contributed by atoms with Crippen molar-refractivity contribution in [3.63, 3.8) is 0 Å². The van der Waals surface area contributed by atoms with E-state index < -0.39 is 17.1 Å². The number of carbonyl (C=O) groups is 3. The summed E-state index contributed by atoms with van der Waals surface area (Å²) in [5.74, 6) is 0.115. The van der Waals surface area contributed by atoms with Crippen molar-refractivity contribution < 1.29 is 19.1 Å². The van der Waals surface area contributed by atoms with Gasteiger partial charge in [0.25, 0.3) is 11.1 Å². The molecule has 0 atom stereocenters. The van der Waals surface area contributed by atoms with Crippen LogP contribution in [0.5, 0.6) is 5.75 Å². The number of carbonyl (C=O) groups excluding carboxylic acids is 3. The Bertz CT molecular complexity index is 1570. The summed E-state index contributed by atoms with van der Waals surface area (Å²) >= 11 is 0.825. The van der Waals surface area contributed by atoms with Gasteiger partial charge >= 0.3 is 0 Å². The molecule has 7 heteroatoms. The molecular weight excluding hydrogens is 508 g/mol. The highest BCUT2D eigenvalue weighted by molar-refractivity contribution is 8.18. The fourth-order valence-corrected chi connectivity index (χ4v) is 5.19. The highest BCUT2D eigenvalue weighted by Crippen LogP contribution is 2.33. The molecule has 1 heterocycles. The van der Waals surface area contributed by atoms with Gasteiger partial charge in [-0.1, -0.05) is 80.6 Å². The van der Waals surface area contributed by atoms with Crippen molar-refractivity contribution in [2.45, 2.75) is 26.4 Å². The number of anilines is 1. The Morgan fingerprint density at radius 2 is 1.69 bits per heavy atom. The maximum atomic E-state index is 13.0. The lowest BCUT2D eigenvalue weighted by atomic mass is 10.0. The summed E-state index contributed by atoms with van der Waals surface area (Å²) in [5.41, 5.74) is 3.58. The number of ether oxygens (including phenoxy) is 1. The molecule has 196 valence electrons. The Balaban J connectivity index is 1.23. The van der Waals surface area contributed by atoms with E-state index in [2.05, 4.69) is 37.4 Å². The minimum atomic E-state index is -0.489. The molecule has 3 amide bonds. The summed E-state index contributed by atoms with van der Waals surface area (Å²) < 4.78 is 6.05. The van der Waals surface area contributed by atoms with Gasteiger partial charge in [0.05, 0.1) is 4.91 Å². The summed E-state index contributed by atoms with van der Waals surface area (Å²) in [6.07, 6.45) is 1.65. The molecule has 0 spiro atoms. The van der Waals surface area contributed by atoms with Gasteiger partial charge in [-0.25, -0.2) is 0 Å². The van der Waals surface area contributed by atoms with Gasteiger partial charge < -0.3 is 10.1 Å². The van der Waals surface area contributed by atoms with Crippen molar-refractivity contribution in [3.05, 3.63) is 113 Å². The largest absolute Gasteiger partial charge is 0.489 e. The summed E-state index contributed by atoms with van der Waals surface area (Å²) in [6, 6.07) is 29.2. The minimum absolute atomic E-state index is 0.264. The van der Waals surface area contributed by atoms with E-state index in [1.807, 2.05) is 72.8 Å². The fourth-order valence-electron chi connectivity index (χ4n) is 4.36. The average Bonchev–Trinajstić information content (AvgIpc) is 3.19. The third-order valence-corrected chi connectivity index (χ3v) is 7.37. The molecular formula is C32H28N2O4S. The Labute approximate surface area is 231 Å². The van der Waals surface area contributed by atoms with Crippen molar-refractivity contribution >= 4 is 51.4 Å². The number of nitrogens with one attached hydrogen (secondary N) is 1. The number of hydrogen-bond acceptors (Lipinski definition) is 5.